The number of thiophene rings is 1. The van der Waals surface area contributed by atoms with Crippen LogP contribution in [0.2, 0.25) is 0 Å². The van der Waals surface area contributed by atoms with Gasteiger partial charge in [0, 0.05) is 9.75 Å². The van der Waals surface area contributed by atoms with Crippen LogP contribution in [-0.4, -0.2) is 37.5 Å². The lowest BCUT2D eigenvalue weighted by molar-refractivity contribution is -0.139. The molecule has 5 nitrogen and oxygen atoms in total. The van der Waals surface area contributed by atoms with Gasteiger partial charge in [-0.1, -0.05) is 0 Å². The molecular formula is C11H17NO4S3. The van der Waals surface area contributed by atoms with Crippen LogP contribution in [0.25, 0.3) is 0 Å². The van der Waals surface area contributed by atoms with Crippen LogP contribution in [0.1, 0.15) is 16.2 Å². The van der Waals surface area contributed by atoms with Crippen LogP contribution in [0.15, 0.2) is 11.0 Å². The maximum Gasteiger partial charge on any atom is 0.321 e. The Kier molecular flexibility index (Phi) is 5.84. The maximum absolute atomic E-state index is 12.2. The number of thioether (sulfide) groups is 1. The minimum absolute atomic E-state index is 0.172. The summed E-state index contributed by atoms with van der Waals surface area (Å²) in [6.07, 6.45) is 2.11. The molecule has 0 aromatic carbocycles. The molecule has 1 heterocycles. The topological polar surface area (TPSA) is 83.5 Å². The Labute approximate surface area is 121 Å². The van der Waals surface area contributed by atoms with E-state index in [9.17, 15) is 13.2 Å². The van der Waals surface area contributed by atoms with Gasteiger partial charge in [-0.05, 0) is 38.3 Å². The van der Waals surface area contributed by atoms with E-state index in [2.05, 4.69) is 4.72 Å². The molecule has 8 heteroatoms. The predicted octanol–water partition coefficient (Wildman–Crippen LogP) is 1.85. The van der Waals surface area contributed by atoms with Gasteiger partial charge in [0.1, 0.15) is 6.04 Å². The second kappa shape index (κ2) is 6.74. The standard InChI is InChI=1S/C11H17NO4S3/c1-7-6-10(8(2)18-7)19(15,16)12-9(11(13)14)4-5-17-3/h6,9,12H,4-5H2,1-3H3,(H,13,14)/t9-/m1/s1. The Balaban J connectivity index is 2.94. The second-order valence-electron chi connectivity index (χ2n) is 4.07. The normalized spacial score (nSPS) is 13.4. The van der Waals surface area contributed by atoms with Crippen molar-refractivity contribution in [3.05, 3.63) is 15.8 Å². The first-order chi connectivity index (χ1) is 8.77. The number of carboxylic acids is 1. The highest BCUT2D eigenvalue weighted by atomic mass is 32.2. The van der Waals surface area contributed by atoms with E-state index in [1.807, 2.05) is 13.2 Å². The first-order valence-corrected chi connectivity index (χ1v) is 9.28. The molecule has 0 bridgehead atoms. The third-order valence-corrected chi connectivity index (χ3v) is 5.83. The molecule has 0 saturated carbocycles. The molecule has 0 aliphatic rings. The van der Waals surface area contributed by atoms with Crippen LogP contribution < -0.4 is 4.72 Å². The molecule has 0 unspecified atom stereocenters. The van der Waals surface area contributed by atoms with Gasteiger partial charge in [0.25, 0.3) is 0 Å². The molecule has 0 amide bonds. The van der Waals surface area contributed by atoms with E-state index in [1.54, 1.807) is 13.0 Å². The number of rotatable bonds is 7. The molecule has 1 rings (SSSR count). The number of carbonyl (C=O) groups is 1. The fraction of sp³-hybridized carbons (Fsp3) is 0.545. The minimum Gasteiger partial charge on any atom is -0.480 e. The Morgan fingerprint density at radius 2 is 2.16 bits per heavy atom. The molecule has 0 aliphatic carbocycles. The molecule has 1 aromatic rings. The molecule has 0 spiro atoms. The van der Waals surface area contributed by atoms with Gasteiger partial charge in [-0.25, -0.2) is 8.42 Å². The van der Waals surface area contributed by atoms with E-state index in [-0.39, 0.29) is 11.3 Å². The summed E-state index contributed by atoms with van der Waals surface area (Å²) in [4.78, 5) is 12.8. The summed E-state index contributed by atoms with van der Waals surface area (Å²) in [5.41, 5.74) is 0. The minimum atomic E-state index is -3.77. The molecule has 1 aromatic heterocycles. The van der Waals surface area contributed by atoms with Crippen molar-refractivity contribution in [2.24, 2.45) is 0 Å². The summed E-state index contributed by atoms with van der Waals surface area (Å²) in [5.74, 6) is -0.566. The monoisotopic (exact) mass is 323 g/mol. The fourth-order valence-corrected chi connectivity index (χ4v) is 4.84. The van der Waals surface area contributed by atoms with Crippen molar-refractivity contribution < 1.29 is 18.3 Å². The highest BCUT2D eigenvalue weighted by molar-refractivity contribution is 7.98. The van der Waals surface area contributed by atoms with Crippen LogP contribution in [0, 0.1) is 13.8 Å². The Hall–Kier alpha value is -0.570. The van der Waals surface area contributed by atoms with Gasteiger partial charge in [0.15, 0.2) is 0 Å². The molecule has 0 aliphatic heterocycles. The molecule has 0 radical (unpaired) electrons. The molecule has 108 valence electrons. The van der Waals surface area contributed by atoms with Crippen LogP contribution in [0.4, 0.5) is 0 Å². The molecule has 19 heavy (non-hydrogen) atoms. The first kappa shape index (κ1) is 16.5. The number of hydrogen-bond donors (Lipinski definition) is 2. The number of aryl methyl sites for hydroxylation is 2. The summed E-state index contributed by atoms with van der Waals surface area (Å²) in [5, 5.41) is 9.05. The van der Waals surface area contributed by atoms with E-state index in [4.69, 9.17) is 5.11 Å². The Bertz CT molecular complexity index is 550. The number of aliphatic carboxylic acids is 1. The van der Waals surface area contributed by atoms with Gasteiger partial charge in [-0.3, -0.25) is 4.79 Å². The number of carboxylic acid groups (broad SMARTS) is 1. The lowest BCUT2D eigenvalue weighted by Crippen LogP contribution is -2.41. The third kappa shape index (κ3) is 4.48. The lowest BCUT2D eigenvalue weighted by atomic mass is 10.2. The van der Waals surface area contributed by atoms with Crippen molar-refractivity contribution >= 4 is 39.1 Å². The summed E-state index contributed by atoms with van der Waals surface area (Å²) in [7, 11) is -3.77. The van der Waals surface area contributed by atoms with Crippen molar-refractivity contribution in [1.82, 2.24) is 4.72 Å². The van der Waals surface area contributed by atoms with E-state index < -0.39 is 22.0 Å². The summed E-state index contributed by atoms with van der Waals surface area (Å²) in [6, 6.07) is 0.479. The van der Waals surface area contributed by atoms with Crippen molar-refractivity contribution in [3.8, 4) is 0 Å². The first-order valence-electron chi connectivity index (χ1n) is 5.59. The number of nitrogens with one attached hydrogen (secondary N) is 1. The third-order valence-electron chi connectivity index (χ3n) is 2.49. The Morgan fingerprint density at radius 1 is 1.53 bits per heavy atom. The van der Waals surface area contributed by atoms with E-state index in [0.29, 0.717) is 10.6 Å². The van der Waals surface area contributed by atoms with Crippen LogP contribution >= 0.6 is 23.1 Å². The highest BCUT2D eigenvalue weighted by Crippen LogP contribution is 2.25. The average molecular weight is 323 g/mol. The van der Waals surface area contributed by atoms with Crippen molar-refractivity contribution in [3.63, 3.8) is 0 Å². The van der Waals surface area contributed by atoms with E-state index in [0.717, 1.165) is 4.88 Å². The zero-order chi connectivity index (χ0) is 14.6. The maximum atomic E-state index is 12.2. The SMILES string of the molecule is CSCC[C@@H](NS(=O)(=O)c1cc(C)sc1C)C(=O)O. The molecular weight excluding hydrogens is 306 g/mol. The molecule has 0 saturated heterocycles. The largest absolute Gasteiger partial charge is 0.480 e. The van der Waals surface area contributed by atoms with Crippen LogP contribution in [0.5, 0.6) is 0 Å². The summed E-state index contributed by atoms with van der Waals surface area (Å²) < 4.78 is 26.6. The smallest absolute Gasteiger partial charge is 0.321 e. The fourth-order valence-electron chi connectivity index (χ4n) is 1.59. The van der Waals surface area contributed by atoms with Crippen LogP contribution in [-0.2, 0) is 14.8 Å². The van der Waals surface area contributed by atoms with Gasteiger partial charge in [-0.15, -0.1) is 11.3 Å². The van der Waals surface area contributed by atoms with Gasteiger partial charge in [0.05, 0.1) is 4.90 Å². The second-order valence-corrected chi connectivity index (χ2v) is 8.20. The quantitative estimate of drug-likeness (QED) is 0.800. The van der Waals surface area contributed by atoms with E-state index >= 15 is 0 Å². The van der Waals surface area contributed by atoms with Gasteiger partial charge < -0.3 is 5.11 Å². The molecule has 1 atom stereocenters. The lowest BCUT2D eigenvalue weighted by Gasteiger charge is -2.14. The van der Waals surface area contributed by atoms with Gasteiger partial charge in [-0.2, -0.15) is 16.5 Å². The highest BCUT2D eigenvalue weighted by Gasteiger charge is 2.26. The van der Waals surface area contributed by atoms with Crippen molar-refractivity contribution in [2.45, 2.75) is 31.2 Å². The molecule has 0 fully saturated rings. The van der Waals surface area contributed by atoms with Crippen molar-refractivity contribution in [2.75, 3.05) is 12.0 Å². The predicted molar refractivity (Wildman–Crippen MR) is 78.5 cm³/mol. The zero-order valence-corrected chi connectivity index (χ0v) is 13.4. The summed E-state index contributed by atoms with van der Waals surface area (Å²) in [6.45, 7) is 3.53. The van der Waals surface area contributed by atoms with Gasteiger partial charge >= 0.3 is 5.97 Å². The zero-order valence-electron chi connectivity index (χ0n) is 11.0. The van der Waals surface area contributed by atoms with Crippen molar-refractivity contribution in [1.29, 1.82) is 0 Å². The van der Waals surface area contributed by atoms with Crippen LogP contribution in [0.3, 0.4) is 0 Å². The van der Waals surface area contributed by atoms with E-state index in [1.165, 1.54) is 23.1 Å². The summed E-state index contributed by atoms with van der Waals surface area (Å²) >= 11 is 2.86. The van der Waals surface area contributed by atoms with Gasteiger partial charge in [0.2, 0.25) is 10.0 Å². The number of sulfonamides is 1. The average Bonchev–Trinajstić information content (AvgIpc) is 2.64. The Morgan fingerprint density at radius 3 is 2.58 bits per heavy atom. The number of hydrogen-bond acceptors (Lipinski definition) is 5. The molecule has 2 N–H and O–H groups in total.